The van der Waals surface area contributed by atoms with Crippen LogP contribution in [0.5, 0.6) is 11.5 Å². The van der Waals surface area contributed by atoms with Gasteiger partial charge in [0.2, 0.25) is 0 Å². The molecule has 1 aliphatic heterocycles. The summed E-state index contributed by atoms with van der Waals surface area (Å²) >= 11 is 4.70. The Labute approximate surface area is 236 Å². The first kappa shape index (κ1) is 26.7. The summed E-state index contributed by atoms with van der Waals surface area (Å²) in [5.41, 5.74) is 1.90. The van der Waals surface area contributed by atoms with Crippen LogP contribution in [0.4, 0.5) is 0 Å². The van der Waals surface area contributed by atoms with Crippen molar-refractivity contribution < 1.29 is 23.4 Å². The topological polar surface area (TPSA) is 92.3 Å². The first-order valence-electron chi connectivity index (χ1n) is 12.1. The maximum Gasteiger partial charge on any atom is 0.338 e. The van der Waals surface area contributed by atoms with Gasteiger partial charge in [-0.05, 0) is 56.3 Å². The standard InChI is InChI=1S/C29H25BrN2O6S/c1-5-37-28(34)25-16(2)31-29-32(26(25)21-14-19(35-3)9-12-23(21)36-4)27(33)24(39-29)15-20-10-11-22(38-20)17-7-6-8-18(30)13-17/h6-15,26H,5H2,1-4H3/b24-15-/t26-/m0/s1. The number of nitrogens with zero attached hydrogens (tertiary/aromatic N) is 2. The van der Waals surface area contributed by atoms with Crippen molar-refractivity contribution in [2.45, 2.75) is 19.9 Å². The van der Waals surface area contributed by atoms with Gasteiger partial charge in [-0.1, -0.05) is 39.4 Å². The van der Waals surface area contributed by atoms with E-state index in [9.17, 15) is 9.59 Å². The minimum atomic E-state index is -0.832. The third-order valence-corrected chi connectivity index (χ3v) is 7.73. The van der Waals surface area contributed by atoms with Gasteiger partial charge >= 0.3 is 5.97 Å². The highest BCUT2D eigenvalue weighted by molar-refractivity contribution is 9.10. The van der Waals surface area contributed by atoms with E-state index >= 15 is 0 Å². The molecular weight excluding hydrogens is 584 g/mol. The molecule has 0 spiro atoms. The number of rotatable bonds is 7. The number of allylic oxidation sites excluding steroid dienone is 1. The number of thiazole rings is 1. The van der Waals surface area contributed by atoms with Crippen LogP contribution in [0, 0.1) is 0 Å². The number of hydrogen-bond donors (Lipinski definition) is 0. The number of benzene rings is 2. The molecule has 8 nitrogen and oxygen atoms in total. The molecule has 2 aromatic heterocycles. The molecule has 0 aliphatic carbocycles. The van der Waals surface area contributed by atoms with Crippen LogP contribution in [-0.4, -0.2) is 31.4 Å². The quantitative estimate of drug-likeness (QED) is 0.279. The van der Waals surface area contributed by atoms with Crippen molar-refractivity contribution in [2.24, 2.45) is 4.99 Å². The molecule has 0 radical (unpaired) electrons. The van der Waals surface area contributed by atoms with E-state index < -0.39 is 12.0 Å². The number of halogens is 1. The molecule has 0 unspecified atom stereocenters. The summed E-state index contributed by atoms with van der Waals surface area (Å²) < 4.78 is 25.3. The first-order chi connectivity index (χ1) is 18.8. The van der Waals surface area contributed by atoms with Crippen LogP contribution in [-0.2, 0) is 9.53 Å². The number of hydrogen-bond acceptors (Lipinski definition) is 8. The van der Waals surface area contributed by atoms with Crippen molar-refractivity contribution in [3.8, 4) is 22.8 Å². The van der Waals surface area contributed by atoms with Crippen molar-refractivity contribution in [3.05, 3.63) is 101 Å². The third kappa shape index (κ3) is 5.09. The number of methoxy groups -OCH3 is 2. The van der Waals surface area contributed by atoms with Gasteiger partial charge < -0.3 is 18.6 Å². The Kier molecular flexibility index (Phi) is 7.58. The van der Waals surface area contributed by atoms with Gasteiger partial charge in [-0.2, -0.15) is 0 Å². The first-order valence-corrected chi connectivity index (χ1v) is 13.7. The summed E-state index contributed by atoms with van der Waals surface area (Å²) in [5, 5.41) is 0. The van der Waals surface area contributed by atoms with Crippen molar-refractivity contribution in [1.82, 2.24) is 4.57 Å². The maximum absolute atomic E-state index is 13.9. The fraction of sp³-hybridized carbons (Fsp3) is 0.207. The number of furan rings is 1. The number of carbonyl (C=O) groups is 1. The molecule has 0 fully saturated rings. The van der Waals surface area contributed by atoms with Crippen LogP contribution in [0.1, 0.15) is 31.2 Å². The van der Waals surface area contributed by atoms with Crippen LogP contribution < -0.4 is 24.4 Å². The van der Waals surface area contributed by atoms with Crippen molar-refractivity contribution in [1.29, 1.82) is 0 Å². The largest absolute Gasteiger partial charge is 0.497 e. The molecule has 5 rings (SSSR count). The van der Waals surface area contributed by atoms with Crippen LogP contribution >= 0.6 is 27.3 Å². The van der Waals surface area contributed by atoms with E-state index in [-0.39, 0.29) is 17.7 Å². The molecule has 4 aromatic rings. The van der Waals surface area contributed by atoms with Crippen molar-refractivity contribution in [3.63, 3.8) is 0 Å². The molecule has 200 valence electrons. The lowest BCUT2D eigenvalue weighted by atomic mass is 9.95. The molecule has 0 bridgehead atoms. The van der Waals surface area contributed by atoms with Crippen molar-refractivity contribution >= 4 is 39.3 Å². The smallest absolute Gasteiger partial charge is 0.338 e. The molecule has 10 heteroatoms. The zero-order valence-electron chi connectivity index (χ0n) is 21.7. The Morgan fingerprint density at radius 1 is 1.15 bits per heavy atom. The van der Waals surface area contributed by atoms with Gasteiger partial charge in [0, 0.05) is 21.7 Å². The zero-order chi connectivity index (χ0) is 27.7. The molecule has 1 atom stereocenters. The van der Waals surface area contributed by atoms with E-state index in [1.807, 2.05) is 36.4 Å². The number of carbonyl (C=O) groups excluding carboxylic acids is 1. The molecule has 2 aromatic carbocycles. The lowest BCUT2D eigenvalue weighted by molar-refractivity contribution is -0.139. The minimum absolute atomic E-state index is 0.181. The van der Waals surface area contributed by atoms with E-state index in [4.69, 9.17) is 18.6 Å². The highest BCUT2D eigenvalue weighted by Crippen LogP contribution is 2.37. The molecule has 3 heterocycles. The Balaban J connectivity index is 1.69. The van der Waals surface area contributed by atoms with Crippen molar-refractivity contribution in [2.75, 3.05) is 20.8 Å². The number of esters is 1. The van der Waals surface area contributed by atoms with E-state index in [0.717, 1.165) is 10.0 Å². The normalized spacial score (nSPS) is 15.1. The predicted octanol–water partition coefficient (Wildman–Crippen LogP) is 4.84. The van der Waals surface area contributed by atoms with Crippen LogP contribution in [0.25, 0.3) is 17.4 Å². The van der Waals surface area contributed by atoms with Gasteiger partial charge in [-0.25, -0.2) is 9.79 Å². The summed E-state index contributed by atoms with van der Waals surface area (Å²) in [5.74, 6) is 1.70. The summed E-state index contributed by atoms with van der Waals surface area (Å²) in [6.45, 7) is 3.65. The summed E-state index contributed by atoms with van der Waals surface area (Å²) in [7, 11) is 3.09. The molecule has 0 amide bonds. The van der Waals surface area contributed by atoms with Gasteiger partial charge in [-0.15, -0.1) is 0 Å². The summed E-state index contributed by atoms with van der Waals surface area (Å²) in [6, 6.07) is 15.9. The maximum atomic E-state index is 13.9. The fourth-order valence-corrected chi connectivity index (χ4v) is 5.92. The number of aromatic nitrogens is 1. The average molecular weight is 609 g/mol. The number of ether oxygens (including phenoxy) is 3. The summed E-state index contributed by atoms with van der Waals surface area (Å²) in [4.78, 5) is 32.1. The van der Waals surface area contributed by atoms with Gasteiger partial charge in [0.25, 0.3) is 5.56 Å². The van der Waals surface area contributed by atoms with Crippen LogP contribution in [0.15, 0.2) is 84.5 Å². The Morgan fingerprint density at radius 2 is 1.97 bits per heavy atom. The van der Waals surface area contributed by atoms with Crippen LogP contribution in [0.3, 0.4) is 0 Å². The highest BCUT2D eigenvalue weighted by atomic mass is 79.9. The zero-order valence-corrected chi connectivity index (χ0v) is 24.1. The lowest BCUT2D eigenvalue weighted by Crippen LogP contribution is -2.40. The SMILES string of the molecule is CCOC(=O)C1=C(C)N=c2s/c(=C\c3ccc(-c4cccc(Br)c4)o3)c(=O)n2[C@H]1c1cc(OC)ccc1OC. The second-order valence-electron chi connectivity index (χ2n) is 8.62. The van der Waals surface area contributed by atoms with E-state index in [1.54, 1.807) is 45.2 Å². The van der Waals surface area contributed by atoms with Gasteiger partial charge in [-0.3, -0.25) is 9.36 Å². The minimum Gasteiger partial charge on any atom is -0.497 e. The van der Waals surface area contributed by atoms with Gasteiger partial charge in [0.15, 0.2) is 4.80 Å². The Hall–Kier alpha value is -3.89. The second kappa shape index (κ2) is 11.1. The Bertz CT molecular complexity index is 1780. The lowest BCUT2D eigenvalue weighted by Gasteiger charge is -2.26. The van der Waals surface area contributed by atoms with E-state index in [1.165, 1.54) is 23.0 Å². The molecule has 0 N–H and O–H groups in total. The van der Waals surface area contributed by atoms with Crippen LogP contribution in [0.2, 0.25) is 0 Å². The molecule has 0 saturated heterocycles. The van der Waals surface area contributed by atoms with Gasteiger partial charge in [0.1, 0.15) is 29.1 Å². The number of fused-ring (bicyclic) bond motifs is 1. The predicted molar refractivity (Wildman–Crippen MR) is 152 cm³/mol. The molecule has 0 saturated carbocycles. The van der Waals surface area contributed by atoms with E-state index in [2.05, 4.69) is 20.9 Å². The third-order valence-electron chi connectivity index (χ3n) is 6.26. The Morgan fingerprint density at radius 3 is 2.69 bits per heavy atom. The highest BCUT2D eigenvalue weighted by Gasteiger charge is 2.35. The fourth-order valence-electron chi connectivity index (χ4n) is 4.50. The van der Waals surface area contributed by atoms with E-state index in [0.29, 0.717) is 43.6 Å². The average Bonchev–Trinajstić information content (AvgIpc) is 3.52. The molecule has 1 aliphatic rings. The second-order valence-corrected chi connectivity index (χ2v) is 10.5. The summed E-state index contributed by atoms with van der Waals surface area (Å²) in [6.07, 6.45) is 1.69. The molecule has 39 heavy (non-hydrogen) atoms. The molecular formula is C29H25BrN2O6S. The van der Waals surface area contributed by atoms with Gasteiger partial charge in [0.05, 0.1) is 36.6 Å². The monoisotopic (exact) mass is 608 g/mol.